The van der Waals surface area contributed by atoms with Crippen LogP contribution in [0.2, 0.25) is 0 Å². The van der Waals surface area contributed by atoms with Crippen molar-refractivity contribution in [2.24, 2.45) is 0 Å². The minimum Gasteiger partial charge on any atom is -0.478 e. The Labute approximate surface area is 118 Å². The number of halogens is 1. The van der Waals surface area contributed by atoms with Gasteiger partial charge in [-0.2, -0.15) is 0 Å². The third-order valence-electron chi connectivity index (χ3n) is 2.96. The van der Waals surface area contributed by atoms with Crippen molar-refractivity contribution in [1.29, 1.82) is 0 Å². The van der Waals surface area contributed by atoms with E-state index in [2.05, 4.69) is 0 Å². The Kier molecular flexibility index (Phi) is 4.29. The SMILES string of the molecule is Cc1ccc(F)cc1CS(=O)c1ccccc1C(=O)O. The van der Waals surface area contributed by atoms with Crippen molar-refractivity contribution in [3.8, 4) is 0 Å². The van der Waals surface area contributed by atoms with Gasteiger partial charge in [-0.1, -0.05) is 18.2 Å². The highest BCUT2D eigenvalue weighted by atomic mass is 32.2. The summed E-state index contributed by atoms with van der Waals surface area (Å²) < 4.78 is 25.5. The lowest BCUT2D eigenvalue weighted by molar-refractivity contribution is 0.0693. The summed E-state index contributed by atoms with van der Waals surface area (Å²) in [5.74, 6) is -1.42. The Morgan fingerprint density at radius 1 is 1.25 bits per heavy atom. The number of carboxylic acids is 1. The fourth-order valence-electron chi connectivity index (χ4n) is 1.86. The van der Waals surface area contributed by atoms with Gasteiger partial charge in [-0.25, -0.2) is 9.18 Å². The maximum absolute atomic E-state index is 13.2. The first-order valence-corrected chi connectivity index (χ1v) is 7.26. The summed E-state index contributed by atoms with van der Waals surface area (Å²) in [7, 11) is -1.53. The summed E-state index contributed by atoms with van der Waals surface area (Å²) in [6.45, 7) is 1.80. The van der Waals surface area contributed by atoms with E-state index >= 15 is 0 Å². The molecule has 0 aliphatic heterocycles. The van der Waals surface area contributed by atoms with Crippen LogP contribution in [0.3, 0.4) is 0 Å². The average Bonchev–Trinajstić information content (AvgIpc) is 2.42. The Bertz CT molecular complexity index is 683. The first-order chi connectivity index (χ1) is 9.49. The molecule has 104 valence electrons. The number of carboxylic acid groups (broad SMARTS) is 1. The number of aryl methyl sites for hydroxylation is 1. The molecule has 2 aromatic carbocycles. The van der Waals surface area contributed by atoms with Crippen LogP contribution in [0.1, 0.15) is 21.5 Å². The second-order valence-corrected chi connectivity index (χ2v) is 5.78. The molecule has 0 spiro atoms. The minimum absolute atomic E-state index is 0.0138. The molecule has 0 heterocycles. The van der Waals surface area contributed by atoms with E-state index in [1.165, 1.54) is 24.3 Å². The van der Waals surface area contributed by atoms with Gasteiger partial charge in [-0.15, -0.1) is 0 Å². The molecule has 0 saturated carbocycles. The van der Waals surface area contributed by atoms with Gasteiger partial charge in [0.1, 0.15) is 5.82 Å². The quantitative estimate of drug-likeness (QED) is 0.942. The lowest BCUT2D eigenvalue weighted by atomic mass is 10.1. The number of rotatable bonds is 4. The molecule has 0 saturated heterocycles. The highest BCUT2D eigenvalue weighted by molar-refractivity contribution is 7.84. The van der Waals surface area contributed by atoms with Gasteiger partial charge in [0.15, 0.2) is 0 Å². The van der Waals surface area contributed by atoms with Crippen LogP contribution in [0.15, 0.2) is 47.4 Å². The Morgan fingerprint density at radius 2 is 1.95 bits per heavy atom. The van der Waals surface area contributed by atoms with Crippen molar-refractivity contribution in [2.45, 2.75) is 17.6 Å². The Balaban J connectivity index is 2.33. The normalized spacial score (nSPS) is 12.1. The largest absolute Gasteiger partial charge is 0.478 e. The Morgan fingerprint density at radius 3 is 2.65 bits per heavy atom. The highest BCUT2D eigenvalue weighted by Crippen LogP contribution is 2.19. The van der Waals surface area contributed by atoms with E-state index in [4.69, 9.17) is 5.11 Å². The zero-order valence-corrected chi connectivity index (χ0v) is 11.6. The first-order valence-electron chi connectivity index (χ1n) is 5.95. The number of hydrogen-bond donors (Lipinski definition) is 1. The third kappa shape index (κ3) is 3.11. The summed E-state index contributed by atoms with van der Waals surface area (Å²) in [5.41, 5.74) is 1.45. The molecule has 5 heteroatoms. The van der Waals surface area contributed by atoms with E-state index in [1.807, 2.05) is 0 Å². The molecule has 2 aromatic rings. The van der Waals surface area contributed by atoms with Crippen LogP contribution in [-0.4, -0.2) is 15.3 Å². The predicted molar refractivity (Wildman–Crippen MR) is 74.7 cm³/mol. The molecule has 0 radical (unpaired) electrons. The molecular formula is C15H13FO3S. The minimum atomic E-state index is -1.53. The molecule has 0 aliphatic rings. The van der Waals surface area contributed by atoms with Crippen LogP contribution in [-0.2, 0) is 16.6 Å². The number of hydrogen-bond acceptors (Lipinski definition) is 2. The van der Waals surface area contributed by atoms with Gasteiger partial charge in [-0.3, -0.25) is 4.21 Å². The van der Waals surface area contributed by atoms with Crippen molar-refractivity contribution in [3.63, 3.8) is 0 Å². The molecule has 0 fully saturated rings. The summed E-state index contributed by atoms with van der Waals surface area (Å²) in [4.78, 5) is 11.4. The smallest absolute Gasteiger partial charge is 0.336 e. The van der Waals surface area contributed by atoms with Crippen molar-refractivity contribution >= 4 is 16.8 Å². The topological polar surface area (TPSA) is 54.4 Å². The second kappa shape index (κ2) is 5.96. The van der Waals surface area contributed by atoms with E-state index in [1.54, 1.807) is 25.1 Å². The molecule has 0 aromatic heterocycles. The van der Waals surface area contributed by atoms with Gasteiger partial charge in [0.2, 0.25) is 0 Å². The van der Waals surface area contributed by atoms with Crippen LogP contribution >= 0.6 is 0 Å². The lowest BCUT2D eigenvalue weighted by Crippen LogP contribution is -2.06. The van der Waals surface area contributed by atoms with Crippen LogP contribution in [0, 0.1) is 12.7 Å². The monoisotopic (exact) mass is 292 g/mol. The number of benzene rings is 2. The van der Waals surface area contributed by atoms with Gasteiger partial charge < -0.3 is 5.11 Å². The van der Waals surface area contributed by atoms with E-state index in [0.29, 0.717) is 5.56 Å². The van der Waals surface area contributed by atoms with Crippen LogP contribution in [0.4, 0.5) is 4.39 Å². The molecule has 1 unspecified atom stereocenters. The van der Waals surface area contributed by atoms with E-state index in [9.17, 15) is 13.4 Å². The van der Waals surface area contributed by atoms with Gasteiger partial charge in [0.05, 0.1) is 27.0 Å². The standard InChI is InChI=1S/C15H13FO3S/c1-10-6-7-12(16)8-11(10)9-20(19)14-5-3-2-4-13(14)15(17)18/h2-8H,9H2,1H3,(H,17,18). The molecule has 2 rings (SSSR count). The lowest BCUT2D eigenvalue weighted by Gasteiger charge is -2.08. The van der Waals surface area contributed by atoms with E-state index in [0.717, 1.165) is 5.56 Å². The molecule has 0 bridgehead atoms. The molecule has 1 atom stereocenters. The first kappa shape index (κ1) is 14.4. The number of aromatic carboxylic acids is 1. The summed E-state index contributed by atoms with van der Waals surface area (Å²) in [5, 5.41) is 9.08. The molecular weight excluding hydrogens is 279 g/mol. The number of carbonyl (C=O) groups is 1. The van der Waals surface area contributed by atoms with Crippen LogP contribution in [0.25, 0.3) is 0 Å². The fraction of sp³-hybridized carbons (Fsp3) is 0.133. The second-order valence-electron chi connectivity index (χ2n) is 4.36. The molecule has 0 amide bonds. The molecule has 3 nitrogen and oxygen atoms in total. The van der Waals surface area contributed by atoms with E-state index in [-0.39, 0.29) is 16.2 Å². The highest BCUT2D eigenvalue weighted by Gasteiger charge is 2.15. The van der Waals surface area contributed by atoms with Crippen LogP contribution in [0.5, 0.6) is 0 Å². The Hall–Kier alpha value is -2.01. The summed E-state index contributed by atoms with van der Waals surface area (Å²) in [6, 6.07) is 10.4. The third-order valence-corrected chi connectivity index (χ3v) is 4.38. The molecule has 20 heavy (non-hydrogen) atoms. The summed E-state index contributed by atoms with van der Waals surface area (Å²) >= 11 is 0. The van der Waals surface area contributed by atoms with Crippen molar-refractivity contribution < 1.29 is 18.5 Å². The maximum Gasteiger partial charge on any atom is 0.336 e. The molecule has 1 N–H and O–H groups in total. The van der Waals surface area contributed by atoms with E-state index < -0.39 is 22.6 Å². The van der Waals surface area contributed by atoms with Crippen molar-refractivity contribution in [3.05, 3.63) is 65.0 Å². The fourth-order valence-corrected chi connectivity index (χ4v) is 3.24. The average molecular weight is 292 g/mol. The predicted octanol–water partition coefficient (Wildman–Crippen LogP) is 3.14. The maximum atomic E-state index is 13.2. The molecule has 0 aliphatic carbocycles. The van der Waals surface area contributed by atoms with Crippen molar-refractivity contribution in [1.82, 2.24) is 0 Å². The van der Waals surface area contributed by atoms with Gasteiger partial charge in [0, 0.05) is 0 Å². The van der Waals surface area contributed by atoms with Crippen molar-refractivity contribution in [2.75, 3.05) is 0 Å². The van der Waals surface area contributed by atoms with Gasteiger partial charge >= 0.3 is 5.97 Å². The van der Waals surface area contributed by atoms with Gasteiger partial charge in [0.25, 0.3) is 0 Å². The van der Waals surface area contributed by atoms with Crippen LogP contribution < -0.4 is 0 Å². The zero-order valence-electron chi connectivity index (χ0n) is 10.8. The summed E-state index contributed by atoms with van der Waals surface area (Å²) in [6.07, 6.45) is 0. The zero-order chi connectivity index (χ0) is 14.7. The van der Waals surface area contributed by atoms with Gasteiger partial charge in [-0.05, 0) is 42.3 Å².